The minimum atomic E-state index is 0.931. The average molecular weight is 568 g/mol. The topological polar surface area (TPSA) is 16.4 Å². The summed E-state index contributed by atoms with van der Waals surface area (Å²) in [6, 6.07) is 54.1. The van der Waals surface area contributed by atoms with Crippen molar-refractivity contribution in [1.82, 2.24) is 0 Å². The van der Waals surface area contributed by atoms with Crippen molar-refractivity contribution < 1.29 is 4.42 Å². The Morgan fingerprint density at radius 2 is 1.16 bits per heavy atom. The summed E-state index contributed by atoms with van der Waals surface area (Å²) in [5, 5.41) is 7.22. The molecule has 0 N–H and O–H groups in total. The van der Waals surface area contributed by atoms with Crippen LogP contribution in [0.3, 0.4) is 0 Å². The fourth-order valence-corrected chi connectivity index (χ4v) is 7.70. The van der Waals surface area contributed by atoms with E-state index in [2.05, 4.69) is 157 Å². The van der Waals surface area contributed by atoms with Gasteiger partial charge < -0.3 is 9.32 Å². The summed E-state index contributed by atoms with van der Waals surface area (Å²) in [7, 11) is 0. The molecule has 0 spiro atoms. The van der Waals surface area contributed by atoms with Gasteiger partial charge in [-0.25, -0.2) is 0 Å². The number of anilines is 3. The van der Waals surface area contributed by atoms with Gasteiger partial charge in [-0.1, -0.05) is 103 Å². The molecule has 0 amide bonds. The van der Waals surface area contributed by atoms with E-state index in [1.165, 1.54) is 53.1 Å². The van der Waals surface area contributed by atoms with Gasteiger partial charge in [0.1, 0.15) is 11.2 Å². The third-order valence-electron chi connectivity index (χ3n) is 8.45. The Labute approximate surface area is 252 Å². The molecule has 0 bridgehead atoms. The number of rotatable bonds is 4. The summed E-state index contributed by atoms with van der Waals surface area (Å²) >= 11 is 1.85. The van der Waals surface area contributed by atoms with Crippen LogP contribution in [-0.2, 0) is 0 Å². The molecule has 2 nitrogen and oxygen atoms in total. The molecule has 2 aromatic heterocycles. The molecule has 0 atom stereocenters. The van der Waals surface area contributed by atoms with Crippen LogP contribution in [-0.4, -0.2) is 0 Å². The summed E-state index contributed by atoms with van der Waals surface area (Å²) in [6.07, 6.45) is 0. The third kappa shape index (κ3) is 3.79. The minimum Gasteiger partial charge on any atom is -0.455 e. The fraction of sp³-hybridized carbons (Fsp3) is 0. The van der Waals surface area contributed by atoms with Gasteiger partial charge in [0.05, 0.1) is 10.4 Å². The summed E-state index contributed by atoms with van der Waals surface area (Å²) < 4.78 is 9.07. The zero-order valence-corrected chi connectivity index (χ0v) is 24.0. The second-order valence-corrected chi connectivity index (χ2v) is 12.0. The maximum absolute atomic E-state index is 6.55. The van der Waals surface area contributed by atoms with E-state index in [1.807, 2.05) is 11.3 Å². The fourth-order valence-electron chi connectivity index (χ4n) is 6.48. The summed E-state index contributed by atoms with van der Waals surface area (Å²) in [4.78, 5) is 2.38. The maximum atomic E-state index is 6.55. The lowest BCUT2D eigenvalue weighted by molar-refractivity contribution is 0.673. The number of thiophene rings is 1. The Kier molecular flexibility index (Phi) is 5.40. The van der Waals surface area contributed by atoms with Gasteiger partial charge in [-0.3, -0.25) is 0 Å². The van der Waals surface area contributed by atoms with Gasteiger partial charge in [0.25, 0.3) is 0 Å². The Bertz CT molecular complexity index is 2440. The van der Waals surface area contributed by atoms with Crippen LogP contribution in [0.15, 0.2) is 156 Å². The zero-order valence-electron chi connectivity index (χ0n) is 23.2. The van der Waals surface area contributed by atoms with E-state index < -0.39 is 0 Å². The molecule has 9 rings (SSSR count). The Morgan fingerprint density at radius 1 is 0.465 bits per heavy atom. The Balaban J connectivity index is 1.29. The number of hydrogen-bond acceptors (Lipinski definition) is 3. The first-order valence-corrected chi connectivity index (χ1v) is 15.3. The molecule has 0 aliphatic heterocycles. The first-order chi connectivity index (χ1) is 21.3. The SMILES string of the molecule is c1ccc(-c2ccc(N(c3ccccc3)c3cccc4c3sc3ccc5oc6c7ccccc7ccc6c5c34)cc2)cc1. The van der Waals surface area contributed by atoms with E-state index >= 15 is 0 Å². The normalized spacial score (nSPS) is 11.7. The molecule has 3 heteroatoms. The van der Waals surface area contributed by atoms with Gasteiger partial charge in [-0.2, -0.15) is 0 Å². The van der Waals surface area contributed by atoms with Crippen LogP contribution in [0.1, 0.15) is 0 Å². The number of para-hydroxylation sites is 1. The molecule has 0 saturated carbocycles. The van der Waals surface area contributed by atoms with E-state index in [4.69, 9.17) is 4.42 Å². The molecule has 9 aromatic rings. The van der Waals surface area contributed by atoms with Gasteiger partial charge in [-0.05, 0) is 65.0 Å². The van der Waals surface area contributed by atoms with E-state index in [9.17, 15) is 0 Å². The minimum absolute atomic E-state index is 0.931. The summed E-state index contributed by atoms with van der Waals surface area (Å²) in [5.74, 6) is 0. The molecule has 0 fully saturated rings. The quantitative estimate of drug-likeness (QED) is 0.210. The predicted octanol–water partition coefficient (Wildman–Crippen LogP) is 12.2. The second-order valence-electron chi connectivity index (χ2n) is 10.9. The van der Waals surface area contributed by atoms with Crippen LogP contribution in [0.4, 0.5) is 17.1 Å². The van der Waals surface area contributed by atoms with Crippen molar-refractivity contribution in [2.45, 2.75) is 0 Å². The molecule has 0 saturated heterocycles. The Morgan fingerprint density at radius 3 is 2.00 bits per heavy atom. The molecule has 0 aliphatic carbocycles. The standard InChI is InChI=1S/C40H25NOS/c1-3-10-26(11-4-1)27-18-21-30(22-19-27)41(29-13-5-2-6-14-29)34-17-9-16-33-38-36(43-40(33)34)25-24-35-37(38)32-23-20-28-12-7-8-15-31(28)39(32)42-35/h1-25H. The second kappa shape index (κ2) is 9.59. The van der Waals surface area contributed by atoms with E-state index in [1.54, 1.807) is 0 Å². The molecule has 0 aliphatic rings. The van der Waals surface area contributed by atoms with Crippen molar-refractivity contribution in [3.63, 3.8) is 0 Å². The van der Waals surface area contributed by atoms with E-state index in [0.717, 1.165) is 27.9 Å². The lowest BCUT2D eigenvalue weighted by atomic mass is 10.0. The molecule has 43 heavy (non-hydrogen) atoms. The number of hydrogen-bond donors (Lipinski definition) is 0. The van der Waals surface area contributed by atoms with Crippen molar-refractivity contribution in [2.24, 2.45) is 0 Å². The highest BCUT2D eigenvalue weighted by atomic mass is 32.1. The molecule has 2 heterocycles. The Hall–Kier alpha value is -5.38. The van der Waals surface area contributed by atoms with Crippen LogP contribution < -0.4 is 4.90 Å². The van der Waals surface area contributed by atoms with Crippen molar-refractivity contribution in [1.29, 1.82) is 0 Å². The van der Waals surface area contributed by atoms with Gasteiger partial charge in [0.2, 0.25) is 0 Å². The van der Waals surface area contributed by atoms with Gasteiger partial charge in [0, 0.05) is 43.0 Å². The zero-order chi connectivity index (χ0) is 28.3. The van der Waals surface area contributed by atoms with Crippen LogP contribution in [0.5, 0.6) is 0 Å². The summed E-state index contributed by atoms with van der Waals surface area (Å²) in [6.45, 7) is 0. The summed E-state index contributed by atoms with van der Waals surface area (Å²) in [5.41, 5.74) is 7.74. The molecule has 202 valence electrons. The lowest BCUT2D eigenvalue weighted by Gasteiger charge is -2.26. The highest BCUT2D eigenvalue weighted by Crippen LogP contribution is 2.48. The molecule has 0 radical (unpaired) electrons. The van der Waals surface area contributed by atoms with Crippen molar-refractivity contribution in [3.05, 3.63) is 152 Å². The van der Waals surface area contributed by atoms with Crippen molar-refractivity contribution in [2.75, 3.05) is 4.90 Å². The van der Waals surface area contributed by atoms with Crippen molar-refractivity contribution >= 4 is 81.3 Å². The number of nitrogens with zero attached hydrogens (tertiary/aromatic N) is 1. The maximum Gasteiger partial charge on any atom is 0.143 e. The van der Waals surface area contributed by atoms with E-state index in [0.29, 0.717) is 0 Å². The first-order valence-electron chi connectivity index (χ1n) is 14.5. The number of benzene rings is 7. The van der Waals surface area contributed by atoms with Crippen molar-refractivity contribution in [3.8, 4) is 11.1 Å². The average Bonchev–Trinajstić information content (AvgIpc) is 3.65. The molecule has 0 unspecified atom stereocenters. The van der Waals surface area contributed by atoms with Gasteiger partial charge in [0.15, 0.2) is 0 Å². The molecular formula is C40H25NOS. The van der Waals surface area contributed by atoms with Gasteiger partial charge in [-0.15, -0.1) is 11.3 Å². The van der Waals surface area contributed by atoms with Crippen LogP contribution in [0.2, 0.25) is 0 Å². The van der Waals surface area contributed by atoms with Crippen LogP contribution in [0.25, 0.3) is 64.0 Å². The monoisotopic (exact) mass is 567 g/mol. The lowest BCUT2D eigenvalue weighted by Crippen LogP contribution is -2.09. The first kappa shape index (κ1) is 24.2. The number of furan rings is 1. The predicted molar refractivity (Wildman–Crippen MR) is 184 cm³/mol. The van der Waals surface area contributed by atoms with Crippen LogP contribution in [0, 0.1) is 0 Å². The third-order valence-corrected chi connectivity index (χ3v) is 9.65. The number of fused-ring (bicyclic) bond motifs is 9. The largest absolute Gasteiger partial charge is 0.455 e. The smallest absolute Gasteiger partial charge is 0.143 e. The van der Waals surface area contributed by atoms with E-state index in [-0.39, 0.29) is 0 Å². The highest BCUT2D eigenvalue weighted by molar-refractivity contribution is 7.26. The molecular weight excluding hydrogens is 543 g/mol. The van der Waals surface area contributed by atoms with Gasteiger partial charge >= 0.3 is 0 Å². The van der Waals surface area contributed by atoms with Crippen LogP contribution >= 0.6 is 11.3 Å². The molecule has 7 aromatic carbocycles. The highest BCUT2D eigenvalue weighted by Gasteiger charge is 2.21.